The Kier molecular flexibility index (Phi) is 4.88. The van der Waals surface area contributed by atoms with Crippen LogP contribution in [0.1, 0.15) is 25.7 Å². The van der Waals surface area contributed by atoms with Crippen LogP contribution in [0.5, 0.6) is 0 Å². The van der Waals surface area contributed by atoms with E-state index in [1.165, 1.54) is 0 Å². The summed E-state index contributed by atoms with van der Waals surface area (Å²) in [6.45, 7) is 0. The first-order valence-corrected chi connectivity index (χ1v) is 8.14. The highest BCUT2D eigenvalue weighted by atomic mass is 16.4. The van der Waals surface area contributed by atoms with Crippen molar-refractivity contribution in [3.63, 3.8) is 0 Å². The van der Waals surface area contributed by atoms with Crippen molar-refractivity contribution in [3.8, 4) is 11.4 Å². The number of hydrogen-bond donors (Lipinski definition) is 3. The second-order valence-corrected chi connectivity index (χ2v) is 5.95. The summed E-state index contributed by atoms with van der Waals surface area (Å²) in [7, 11) is 1.77. The third kappa shape index (κ3) is 3.79. The van der Waals surface area contributed by atoms with Gasteiger partial charge in [0.15, 0.2) is 5.82 Å². The average Bonchev–Trinajstić information content (AvgIpc) is 2.62. The van der Waals surface area contributed by atoms with Gasteiger partial charge in [-0.3, -0.25) is 4.79 Å². The highest BCUT2D eigenvalue weighted by Gasteiger charge is 2.26. The lowest BCUT2D eigenvalue weighted by Gasteiger charge is -2.26. The molecule has 0 unspecified atom stereocenters. The molecule has 7 nitrogen and oxygen atoms in total. The standard InChI is InChI=1S/C17H21N5O2/c1-18-16-20-14(11-5-3-2-4-6-11)21-17(22-16)19-13-9-7-12(8-10-13)15(23)24/h2-6,12-13H,7-10H2,1H3,(H,23,24)(H2,18,19,20,21,22). The molecule has 1 heterocycles. The van der Waals surface area contributed by atoms with Crippen molar-refractivity contribution in [2.45, 2.75) is 31.7 Å². The van der Waals surface area contributed by atoms with Crippen molar-refractivity contribution < 1.29 is 9.90 Å². The summed E-state index contributed by atoms with van der Waals surface area (Å²) in [6.07, 6.45) is 2.97. The highest BCUT2D eigenvalue weighted by Crippen LogP contribution is 2.26. The van der Waals surface area contributed by atoms with Crippen LogP contribution in [0.15, 0.2) is 30.3 Å². The molecule has 7 heteroatoms. The topological polar surface area (TPSA) is 100 Å². The molecule has 0 radical (unpaired) electrons. The fourth-order valence-electron chi connectivity index (χ4n) is 2.94. The van der Waals surface area contributed by atoms with Gasteiger partial charge in [-0.2, -0.15) is 15.0 Å². The van der Waals surface area contributed by atoms with E-state index in [2.05, 4.69) is 25.6 Å². The van der Waals surface area contributed by atoms with E-state index in [0.29, 0.717) is 30.6 Å². The molecule has 3 N–H and O–H groups in total. The lowest BCUT2D eigenvalue weighted by Crippen LogP contribution is -2.30. The first-order valence-electron chi connectivity index (χ1n) is 8.14. The molecule has 1 fully saturated rings. The Morgan fingerprint density at radius 1 is 1.04 bits per heavy atom. The maximum absolute atomic E-state index is 11.0. The fourth-order valence-corrected chi connectivity index (χ4v) is 2.94. The zero-order valence-electron chi connectivity index (χ0n) is 13.6. The van der Waals surface area contributed by atoms with E-state index in [4.69, 9.17) is 5.11 Å². The minimum absolute atomic E-state index is 0.191. The van der Waals surface area contributed by atoms with Gasteiger partial charge in [-0.1, -0.05) is 30.3 Å². The van der Waals surface area contributed by atoms with Crippen molar-refractivity contribution in [1.29, 1.82) is 0 Å². The Hall–Kier alpha value is -2.70. The minimum Gasteiger partial charge on any atom is -0.481 e. The Morgan fingerprint density at radius 3 is 2.33 bits per heavy atom. The number of nitrogens with one attached hydrogen (secondary N) is 2. The zero-order valence-corrected chi connectivity index (χ0v) is 13.6. The van der Waals surface area contributed by atoms with Crippen LogP contribution >= 0.6 is 0 Å². The van der Waals surface area contributed by atoms with Gasteiger partial charge in [0.05, 0.1) is 5.92 Å². The number of hydrogen-bond acceptors (Lipinski definition) is 6. The summed E-state index contributed by atoms with van der Waals surface area (Å²) in [4.78, 5) is 24.3. The monoisotopic (exact) mass is 327 g/mol. The SMILES string of the molecule is CNc1nc(NC2CCC(C(=O)O)CC2)nc(-c2ccccc2)n1. The Bertz CT molecular complexity index is 699. The van der Waals surface area contributed by atoms with Gasteiger partial charge in [0.25, 0.3) is 0 Å². The molecule has 1 aliphatic carbocycles. The number of aliphatic carboxylic acids is 1. The van der Waals surface area contributed by atoms with Crippen molar-refractivity contribution in [2.24, 2.45) is 5.92 Å². The quantitative estimate of drug-likeness (QED) is 0.776. The van der Waals surface area contributed by atoms with Gasteiger partial charge in [0, 0.05) is 18.7 Å². The molecular formula is C17H21N5O2. The van der Waals surface area contributed by atoms with E-state index >= 15 is 0 Å². The fraction of sp³-hybridized carbons (Fsp3) is 0.412. The zero-order chi connectivity index (χ0) is 16.9. The number of benzene rings is 1. The largest absolute Gasteiger partial charge is 0.481 e. The number of carboxylic acids is 1. The van der Waals surface area contributed by atoms with Crippen LogP contribution in [0.2, 0.25) is 0 Å². The number of carbonyl (C=O) groups is 1. The molecule has 0 saturated heterocycles. The Labute approximate surface area is 140 Å². The number of carboxylic acid groups (broad SMARTS) is 1. The lowest BCUT2D eigenvalue weighted by atomic mass is 9.86. The van der Waals surface area contributed by atoms with Gasteiger partial charge >= 0.3 is 5.97 Å². The van der Waals surface area contributed by atoms with Gasteiger partial charge in [0.2, 0.25) is 11.9 Å². The van der Waals surface area contributed by atoms with Gasteiger partial charge in [0.1, 0.15) is 0 Å². The molecule has 0 spiro atoms. The molecule has 0 aliphatic heterocycles. The molecule has 1 saturated carbocycles. The lowest BCUT2D eigenvalue weighted by molar-refractivity contribution is -0.142. The number of aromatic nitrogens is 3. The highest BCUT2D eigenvalue weighted by molar-refractivity contribution is 5.70. The molecule has 0 bridgehead atoms. The number of anilines is 2. The van der Waals surface area contributed by atoms with Crippen molar-refractivity contribution in [2.75, 3.05) is 17.7 Å². The maximum atomic E-state index is 11.0. The van der Waals surface area contributed by atoms with Gasteiger partial charge < -0.3 is 15.7 Å². The predicted octanol–water partition coefficient (Wildman–Crippen LogP) is 2.64. The molecule has 0 amide bonds. The second-order valence-electron chi connectivity index (χ2n) is 5.95. The van der Waals surface area contributed by atoms with E-state index in [1.54, 1.807) is 7.05 Å². The van der Waals surface area contributed by atoms with E-state index in [9.17, 15) is 4.79 Å². The Balaban J connectivity index is 1.75. The summed E-state index contributed by atoms with van der Waals surface area (Å²) < 4.78 is 0. The minimum atomic E-state index is -0.697. The van der Waals surface area contributed by atoms with Crippen molar-refractivity contribution in [3.05, 3.63) is 30.3 Å². The van der Waals surface area contributed by atoms with E-state index in [-0.39, 0.29) is 12.0 Å². The Morgan fingerprint density at radius 2 is 1.71 bits per heavy atom. The third-order valence-corrected chi connectivity index (χ3v) is 4.30. The van der Waals surface area contributed by atoms with Crippen LogP contribution in [0, 0.1) is 5.92 Å². The molecule has 0 atom stereocenters. The summed E-state index contributed by atoms with van der Waals surface area (Å²) in [6, 6.07) is 9.93. The van der Waals surface area contributed by atoms with E-state index < -0.39 is 5.97 Å². The van der Waals surface area contributed by atoms with Crippen LogP contribution < -0.4 is 10.6 Å². The van der Waals surface area contributed by atoms with Crippen LogP contribution in [0.4, 0.5) is 11.9 Å². The van der Waals surface area contributed by atoms with Crippen LogP contribution in [0.25, 0.3) is 11.4 Å². The summed E-state index contributed by atoms with van der Waals surface area (Å²) in [5, 5.41) is 15.4. The summed E-state index contributed by atoms with van der Waals surface area (Å²) in [5.41, 5.74) is 0.925. The summed E-state index contributed by atoms with van der Waals surface area (Å²) >= 11 is 0. The van der Waals surface area contributed by atoms with Gasteiger partial charge in [-0.15, -0.1) is 0 Å². The molecule has 1 aliphatic rings. The number of rotatable bonds is 5. The molecule has 3 rings (SSSR count). The van der Waals surface area contributed by atoms with Crippen LogP contribution in [0.3, 0.4) is 0 Å². The maximum Gasteiger partial charge on any atom is 0.306 e. The normalized spacial score (nSPS) is 20.4. The van der Waals surface area contributed by atoms with Crippen LogP contribution in [-0.4, -0.2) is 39.1 Å². The van der Waals surface area contributed by atoms with Crippen LogP contribution in [-0.2, 0) is 4.79 Å². The molecule has 126 valence electrons. The first kappa shape index (κ1) is 16.2. The summed E-state index contributed by atoms with van der Waals surface area (Å²) in [5.74, 6) is 0.709. The smallest absolute Gasteiger partial charge is 0.306 e. The average molecular weight is 327 g/mol. The predicted molar refractivity (Wildman–Crippen MR) is 91.8 cm³/mol. The first-order chi connectivity index (χ1) is 11.7. The van der Waals surface area contributed by atoms with E-state index in [0.717, 1.165) is 18.4 Å². The van der Waals surface area contributed by atoms with Crippen molar-refractivity contribution in [1.82, 2.24) is 15.0 Å². The second kappa shape index (κ2) is 7.25. The van der Waals surface area contributed by atoms with E-state index in [1.807, 2.05) is 30.3 Å². The number of nitrogens with zero attached hydrogens (tertiary/aromatic N) is 3. The third-order valence-electron chi connectivity index (χ3n) is 4.30. The molecule has 1 aromatic heterocycles. The van der Waals surface area contributed by atoms with Gasteiger partial charge in [-0.25, -0.2) is 0 Å². The molecule has 24 heavy (non-hydrogen) atoms. The molecule has 1 aromatic carbocycles. The molecule has 2 aromatic rings. The van der Waals surface area contributed by atoms with Crippen molar-refractivity contribution >= 4 is 17.9 Å². The van der Waals surface area contributed by atoms with Gasteiger partial charge in [-0.05, 0) is 25.7 Å². The molecular weight excluding hydrogens is 306 g/mol.